The first-order chi connectivity index (χ1) is 16.1. The highest BCUT2D eigenvalue weighted by molar-refractivity contribution is 7.13. The van der Waals surface area contributed by atoms with Crippen molar-refractivity contribution in [2.45, 2.75) is 31.3 Å². The highest BCUT2D eigenvalue weighted by atomic mass is 35.5. The van der Waals surface area contributed by atoms with E-state index in [1.807, 2.05) is 47.4 Å². The molecule has 0 bridgehead atoms. The van der Waals surface area contributed by atoms with E-state index in [4.69, 9.17) is 16.3 Å². The number of piperidine rings is 1. The van der Waals surface area contributed by atoms with Gasteiger partial charge in [-0.1, -0.05) is 29.8 Å². The Balaban J connectivity index is 1.20. The van der Waals surface area contributed by atoms with Crippen molar-refractivity contribution < 1.29 is 14.3 Å². The minimum atomic E-state index is -0.112. The summed E-state index contributed by atoms with van der Waals surface area (Å²) in [5, 5.41) is 3.70. The van der Waals surface area contributed by atoms with Crippen LogP contribution in [0.15, 0.2) is 48.0 Å². The molecule has 1 N–H and O–H groups in total. The first-order valence-electron chi connectivity index (χ1n) is 11.1. The molecule has 1 saturated heterocycles. The van der Waals surface area contributed by atoms with E-state index < -0.39 is 0 Å². The molecule has 6 nitrogen and oxygen atoms in total. The summed E-state index contributed by atoms with van der Waals surface area (Å²) in [6.45, 7) is 1.04. The average molecular weight is 480 g/mol. The van der Waals surface area contributed by atoms with Crippen molar-refractivity contribution in [2.75, 3.05) is 13.2 Å². The van der Waals surface area contributed by atoms with Crippen molar-refractivity contribution in [3.8, 4) is 16.2 Å². The average Bonchev–Trinajstić information content (AvgIpc) is 3.22. The van der Waals surface area contributed by atoms with Gasteiger partial charge in [-0.2, -0.15) is 0 Å². The molecule has 8 heteroatoms. The highest BCUT2D eigenvalue weighted by Gasteiger charge is 2.54. The van der Waals surface area contributed by atoms with Crippen LogP contribution >= 0.6 is 22.9 Å². The number of hydrogen-bond acceptors (Lipinski definition) is 5. The quantitative estimate of drug-likeness (QED) is 0.587. The van der Waals surface area contributed by atoms with Crippen LogP contribution in [-0.2, 0) is 6.42 Å². The lowest BCUT2D eigenvalue weighted by atomic mass is 10.0. The molecule has 2 unspecified atom stereocenters. The van der Waals surface area contributed by atoms with Gasteiger partial charge >= 0.3 is 0 Å². The van der Waals surface area contributed by atoms with Gasteiger partial charge in [0, 0.05) is 35.2 Å². The topological polar surface area (TPSA) is 71.5 Å². The second kappa shape index (κ2) is 8.15. The predicted molar refractivity (Wildman–Crippen MR) is 127 cm³/mol. The first kappa shape index (κ1) is 20.7. The fraction of sp³-hybridized carbons (Fsp3) is 0.320. The molecule has 3 aromatic rings. The van der Waals surface area contributed by atoms with Gasteiger partial charge in [0.25, 0.3) is 11.8 Å². The molecule has 168 valence electrons. The molecule has 0 spiro atoms. The third kappa shape index (κ3) is 3.69. The molecule has 1 aliphatic carbocycles. The summed E-state index contributed by atoms with van der Waals surface area (Å²) in [6.07, 6.45) is 2.67. The first-order valence-corrected chi connectivity index (χ1v) is 12.4. The minimum Gasteiger partial charge on any atom is -0.493 e. The molecule has 2 amide bonds. The third-order valence-electron chi connectivity index (χ3n) is 6.79. The van der Waals surface area contributed by atoms with Crippen molar-refractivity contribution in [1.29, 1.82) is 0 Å². The van der Waals surface area contributed by atoms with Gasteiger partial charge in [-0.05, 0) is 48.6 Å². The van der Waals surface area contributed by atoms with Crippen molar-refractivity contribution in [1.82, 2.24) is 15.2 Å². The van der Waals surface area contributed by atoms with Crippen molar-refractivity contribution >= 4 is 34.8 Å². The predicted octanol–water partition coefficient (Wildman–Crippen LogP) is 4.43. The fourth-order valence-electron chi connectivity index (χ4n) is 5.15. The molecule has 6 rings (SSSR count). The van der Waals surface area contributed by atoms with Crippen LogP contribution in [0.2, 0.25) is 5.02 Å². The smallest absolute Gasteiger partial charge is 0.274 e. The van der Waals surface area contributed by atoms with Crippen LogP contribution in [0.4, 0.5) is 0 Å². The van der Waals surface area contributed by atoms with E-state index >= 15 is 0 Å². The Morgan fingerprint density at radius 1 is 1.21 bits per heavy atom. The molecular weight excluding hydrogens is 458 g/mol. The van der Waals surface area contributed by atoms with Gasteiger partial charge in [0.2, 0.25) is 0 Å². The molecule has 0 radical (unpaired) electrons. The number of likely N-dealkylation sites (tertiary alicyclic amines) is 1. The maximum absolute atomic E-state index is 13.6. The number of fused-ring (bicyclic) bond motifs is 2. The van der Waals surface area contributed by atoms with E-state index in [1.165, 1.54) is 11.3 Å². The number of amides is 2. The number of ether oxygens (including phenoxy) is 1. The van der Waals surface area contributed by atoms with Crippen LogP contribution in [-0.4, -0.2) is 46.9 Å². The van der Waals surface area contributed by atoms with E-state index in [9.17, 15) is 9.59 Å². The van der Waals surface area contributed by atoms with Crippen LogP contribution in [0.3, 0.4) is 0 Å². The Kier molecular flexibility index (Phi) is 5.11. The number of nitrogens with zero attached hydrogens (tertiary/aromatic N) is 2. The summed E-state index contributed by atoms with van der Waals surface area (Å²) >= 11 is 7.61. The van der Waals surface area contributed by atoms with Crippen molar-refractivity contribution in [3.63, 3.8) is 0 Å². The summed E-state index contributed by atoms with van der Waals surface area (Å²) in [5.74, 6) is 1.13. The Morgan fingerprint density at radius 3 is 2.97 bits per heavy atom. The standard InChI is InChI=1S/C25H22ClN3O3S/c26-16-4-1-3-14(9-16)23-22(28-13-33-23)25(31)29-17(10-15-11-20(15)29)12-27-24(30)19-5-2-6-21-18(19)7-8-32-21/h1-6,9,13,15,17,20H,7-8,10-12H2,(H,27,30)/t15?,17?,20-/m0/s1. The second-order valence-corrected chi connectivity index (χ2v) is 10.1. The molecule has 1 aromatic heterocycles. The maximum atomic E-state index is 13.6. The zero-order valence-corrected chi connectivity index (χ0v) is 19.4. The van der Waals surface area contributed by atoms with Crippen LogP contribution in [0.5, 0.6) is 5.75 Å². The molecule has 3 aliphatic rings. The van der Waals surface area contributed by atoms with Gasteiger partial charge in [0.1, 0.15) is 11.4 Å². The molecule has 33 heavy (non-hydrogen) atoms. The molecule has 3 atom stereocenters. The normalized spacial score (nSPS) is 22.5. The minimum absolute atomic E-state index is 0.0351. The summed E-state index contributed by atoms with van der Waals surface area (Å²) in [6, 6.07) is 13.3. The number of carbonyl (C=O) groups is 2. The number of halogens is 1. The molecule has 2 fully saturated rings. The molecular formula is C25H22ClN3O3S. The fourth-order valence-corrected chi connectivity index (χ4v) is 6.12. The van der Waals surface area contributed by atoms with E-state index in [2.05, 4.69) is 10.3 Å². The number of nitrogens with one attached hydrogen (secondary N) is 1. The van der Waals surface area contributed by atoms with Gasteiger partial charge in [-0.25, -0.2) is 4.98 Å². The van der Waals surface area contributed by atoms with Gasteiger partial charge in [0.15, 0.2) is 0 Å². The Bertz CT molecular complexity index is 1260. The molecule has 3 heterocycles. The monoisotopic (exact) mass is 479 g/mol. The number of thiazole rings is 1. The maximum Gasteiger partial charge on any atom is 0.274 e. The van der Waals surface area contributed by atoms with Gasteiger partial charge < -0.3 is 15.0 Å². The van der Waals surface area contributed by atoms with Crippen LogP contribution < -0.4 is 10.1 Å². The van der Waals surface area contributed by atoms with Crippen LogP contribution in [0, 0.1) is 5.92 Å². The van der Waals surface area contributed by atoms with E-state index in [0.717, 1.165) is 41.0 Å². The Hall–Kier alpha value is -2.90. The van der Waals surface area contributed by atoms with Gasteiger partial charge in [-0.15, -0.1) is 11.3 Å². The third-order valence-corrected chi connectivity index (χ3v) is 7.90. The van der Waals surface area contributed by atoms with E-state index in [-0.39, 0.29) is 23.9 Å². The summed E-state index contributed by atoms with van der Waals surface area (Å²) in [4.78, 5) is 33.7. The zero-order valence-electron chi connectivity index (χ0n) is 17.8. The van der Waals surface area contributed by atoms with Crippen LogP contribution in [0.1, 0.15) is 39.3 Å². The largest absolute Gasteiger partial charge is 0.493 e. The van der Waals surface area contributed by atoms with E-state index in [1.54, 1.807) is 5.51 Å². The number of rotatable bonds is 5. The molecule has 2 aliphatic heterocycles. The number of benzene rings is 2. The Morgan fingerprint density at radius 2 is 2.09 bits per heavy atom. The second-order valence-electron chi connectivity index (χ2n) is 8.80. The number of hydrogen-bond donors (Lipinski definition) is 1. The summed E-state index contributed by atoms with van der Waals surface area (Å²) < 4.78 is 5.58. The zero-order chi connectivity index (χ0) is 22.5. The van der Waals surface area contributed by atoms with E-state index in [0.29, 0.717) is 35.3 Å². The Labute approximate surface area is 200 Å². The molecule has 1 saturated carbocycles. The lowest BCUT2D eigenvalue weighted by Crippen LogP contribution is -2.45. The number of aromatic nitrogens is 1. The summed E-state index contributed by atoms with van der Waals surface area (Å²) in [7, 11) is 0. The van der Waals surface area contributed by atoms with Crippen molar-refractivity contribution in [2.24, 2.45) is 5.92 Å². The van der Waals surface area contributed by atoms with Gasteiger partial charge in [0.05, 0.1) is 23.0 Å². The molecule has 2 aromatic carbocycles. The van der Waals surface area contributed by atoms with Gasteiger partial charge in [-0.3, -0.25) is 9.59 Å². The SMILES string of the molecule is O=C(NCC1CC2C[C@@H]2N1C(=O)c1ncsc1-c1cccc(Cl)c1)c1cccc2c1CCO2. The van der Waals surface area contributed by atoms with Crippen LogP contribution in [0.25, 0.3) is 10.4 Å². The lowest BCUT2D eigenvalue weighted by Gasteiger charge is -2.27. The lowest BCUT2D eigenvalue weighted by molar-refractivity contribution is 0.0684. The summed E-state index contributed by atoms with van der Waals surface area (Å²) in [5.41, 5.74) is 4.69. The number of carbonyl (C=O) groups excluding carboxylic acids is 2. The highest BCUT2D eigenvalue weighted by Crippen LogP contribution is 2.48. The van der Waals surface area contributed by atoms with Crippen molar-refractivity contribution in [3.05, 3.63) is 69.8 Å².